The third-order valence-corrected chi connectivity index (χ3v) is 1.81. The van der Waals surface area contributed by atoms with Gasteiger partial charge in [0.25, 0.3) is 0 Å². The molecule has 5 heteroatoms. The number of ether oxygens (including phenoxy) is 1. The molecule has 0 spiro atoms. The van der Waals surface area contributed by atoms with E-state index >= 15 is 0 Å². The van der Waals surface area contributed by atoms with Crippen LogP contribution in [0.25, 0.3) is 0 Å². The largest absolute Gasteiger partial charge is 0.462 e. The van der Waals surface area contributed by atoms with Crippen molar-refractivity contribution in [3.63, 3.8) is 0 Å². The molecule has 5 nitrogen and oxygen atoms in total. The summed E-state index contributed by atoms with van der Waals surface area (Å²) in [6.07, 6.45) is 1.68. The Labute approximate surface area is 96.8 Å². The van der Waals surface area contributed by atoms with Crippen LogP contribution < -0.4 is 0 Å². The first-order valence-electron chi connectivity index (χ1n) is 5.08. The molecular weight excluding hydrogens is 206 g/mol. The van der Waals surface area contributed by atoms with Crippen molar-refractivity contribution in [3.8, 4) is 0 Å². The van der Waals surface area contributed by atoms with Gasteiger partial charge in [-0.3, -0.25) is 4.79 Å². The molecule has 0 fully saturated rings. The van der Waals surface area contributed by atoms with E-state index in [0.717, 1.165) is 5.69 Å². The van der Waals surface area contributed by atoms with Crippen molar-refractivity contribution in [2.75, 3.05) is 0 Å². The fourth-order valence-electron chi connectivity index (χ4n) is 1.09. The van der Waals surface area contributed by atoms with Crippen molar-refractivity contribution in [1.29, 1.82) is 0 Å². The van der Waals surface area contributed by atoms with E-state index in [1.165, 1.54) is 4.68 Å². The van der Waals surface area contributed by atoms with E-state index in [1.54, 1.807) is 6.20 Å². The molecule has 0 aliphatic carbocycles. The fourth-order valence-corrected chi connectivity index (χ4v) is 1.09. The van der Waals surface area contributed by atoms with Gasteiger partial charge in [0.2, 0.25) is 0 Å². The highest BCUT2D eigenvalue weighted by atomic mass is 16.5. The number of esters is 1. The Morgan fingerprint density at radius 2 is 2.06 bits per heavy atom. The van der Waals surface area contributed by atoms with Crippen LogP contribution in [0.2, 0.25) is 0 Å². The maximum Gasteiger partial charge on any atom is 0.328 e. The number of hydrogen-bond acceptors (Lipinski definition) is 4. The normalized spacial score (nSPS) is 10.4. The zero-order valence-corrected chi connectivity index (χ0v) is 9.60. The zero-order chi connectivity index (χ0) is 11.4. The number of carbonyl (C=O) groups excluding carboxylic acids is 1. The summed E-state index contributed by atoms with van der Waals surface area (Å²) in [6.45, 7) is 7.82. The van der Waals surface area contributed by atoms with Crippen molar-refractivity contribution in [2.45, 2.75) is 53.7 Å². The number of carbonyl (C=O) groups is 1. The molecule has 0 saturated heterocycles. The number of rotatable bonds is 4. The van der Waals surface area contributed by atoms with Crippen LogP contribution in [0.4, 0.5) is 0 Å². The van der Waals surface area contributed by atoms with Gasteiger partial charge in [-0.1, -0.05) is 26.5 Å². The molecule has 92 valence electrons. The fraction of sp³-hybridized carbons (Fsp3) is 0.727. The predicted molar refractivity (Wildman–Crippen MR) is 62.1 cm³/mol. The smallest absolute Gasteiger partial charge is 0.328 e. The van der Waals surface area contributed by atoms with E-state index in [9.17, 15) is 4.79 Å². The number of aromatic nitrogens is 3. The molecule has 0 radical (unpaired) electrons. The maximum atomic E-state index is 11.3. The highest BCUT2D eigenvalue weighted by Gasteiger charge is 2.09. The summed E-state index contributed by atoms with van der Waals surface area (Å²) >= 11 is 0. The van der Waals surface area contributed by atoms with E-state index in [0.29, 0.717) is 5.92 Å². The summed E-state index contributed by atoms with van der Waals surface area (Å²) in [5.41, 5.74) is 0.882. The number of nitrogens with zero attached hydrogens (tertiary/aromatic N) is 3. The second kappa shape index (κ2) is 6.25. The lowest BCUT2D eigenvalue weighted by molar-refractivity contribution is -0.148. The second-order valence-corrected chi connectivity index (χ2v) is 4.03. The lowest BCUT2D eigenvalue weighted by atomic mass is 10.2. The number of hydrogen-bond donors (Lipinski definition) is 0. The van der Waals surface area contributed by atoms with Crippen LogP contribution in [0.15, 0.2) is 6.20 Å². The summed E-state index contributed by atoms with van der Waals surface area (Å²) in [7, 11) is 0. The molecule has 0 aliphatic heterocycles. The summed E-state index contributed by atoms with van der Waals surface area (Å²) in [6, 6.07) is 0. The van der Waals surface area contributed by atoms with Gasteiger partial charge in [0.05, 0.1) is 11.8 Å². The topological polar surface area (TPSA) is 57.0 Å². The molecule has 16 heavy (non-hydrogen) atoms. The molecule has 1 aromatic heterocycles. The van der Waals surface area contributed by atoms with E-state index in [-0.39, 0.29) is 26.0 Å². The van der Waals surface area contributed by atoms with Crippen LogP contribution in [0.3, 0.4) is 0 Å². The van der Waals surface area contributed by atoms with Gasteiger partial charge in [-0.25, -0.2) is 4.68 Å². The van der Waals surface area contributed by atoms with Crippen molar-refractivity contribution in [1.82, 2.24) is 15.0 Å². The third kappa shape index (κ3) is 4.42. The highest BCUT2D eigenvalue weighted by molar-refractivity contribution is 5.69. The lowest BCUT2D eigenvalue weighted by Crippen LogP contribution is -2.17. The minimum absolute atomic E-state index is 0. The van der Waals surface area contributed by atoms with Gasteiger partial charge in [-0.15, -0.1) is 5.10 Å². The molecule has 0 amide bonds. The van der Waals surface area contributed by atoms with Crippen LogP contribution in [0.5, 0.6) is 0 Å². The van der Waals surface area contributed by atoms with Crippen molar-refractivity contribution in [3.05, 3.63) is 11.9 Å². The first-order chi connectivity index (χ1) is 6.99. The highest BCUT2D eigenvalue weighted by Crippen LogP contribution is 2.08. The van der Waals surface area contributed by atoms with Gasteiger partial charge in [0.1, 0.15) is 6.54 Å². The van der Waals surface area contributed by atoms with Gasteiger partial charge in [0, 0.05) is 6.20 Å². The molecule has 0 saturated carbocycles. The molecule has 0 N–H and O–H groups in total. The average molecular weight is 227 g/mol. The second-order valence-electron chi connectivity index (χ2n) is 4.03. The maximum absolute atomic E-state index is 11.3. The summed E-state index contributed by atoms with van der Waals surface area (Å²) < 4.78 is 6.50. The summed E-state index contributed by atoms with van der Waals surface area (Å²) in [5, 5.41) is 7.80. The first-order valence-corrected chi connectivity index (χ1v) is 5.08. The van der Waals surface area contributed by atoms with E-state index in [1.807, 2.05) is 27.7 Å². The van der Waals surface area contributed by atoms with Gasteiger partial charge in [0.15, 0.2) is 0 Å². The third-order valence-electron chi connectivity index (χ3n) is 1.81. The Morgan fingerprint density at radius 3 is 2.50 bits per heavy atom. The molecule has 0 atom stereocenters. The van der Waals surface area contributed by atoms with Gasteiger partial charge in [-0.05, 0) is 19.8 Å². The monoisotopic (exact) mass is 227 g/mol. The van der Waals surface area contributed by atoms with Crippen molar-refractivity contribution < 1.29 is 9.53 Å². The quantitative estimate of drug-likeness (QED) is 0.738. The van der Waals surface area contributed by atoms with E-state index < -0.39 is 0 Å². The Morgan fingerprint density at radius 1 is 1.44 bits per heavy atom. The Hall–Kier alpha value is -1.39. The summed E-state index contributed by atoms with van der Waals surface area (Å²) in [4.78, 5) is 11.3. The van der Waals surface area contributed by atoms with Crippen molar-refractivity contribution in [2.24, 2.45) is 0 Å². The zero-order valence-electron chi connectivity index (χ0n) is 9.60. The Bertz CT molecular complexity index is 332. The lowest BCUT2D eigenvalue weighted by Gasteiger charge is -2.06. The van der Waals surface area contributed by atoms with Crippen LogP contribution in [0, 0.1) is 0 Å². The minimum atomic E-state index is -0.287. The SMILES string of the molecule is C.CC(C)OC(=O)Cn1cc(C(C)C)nn1. The molecule has 0 bridgehead atoms. The van der Waals surface area contributed by atoms with Crippen LogP contribution >= 0.6 is 0 Å². The van der Waals surface area contributed by atoms with Gasteiger partial charge < -0.3 is 4.74 Å². The molecule has 0 unspecified atom stereocenters. The van der Waals surface area contributed by atoms with Crippen LogP contribution in [0.1, 0.15) is 46.7 Å². The Kier molecular flexibility index (Phi) is 5.71. The standard InChI is InChI=1S/C10H17N3O2.CH4/c1-7(2)9-5-13(12-11-9)6-10(14)15-8(3)4;/h5,7-8H,6H2,1-4H3;1H4. The molecule has 0 aliphatic rings. The molecule has 1 heterocycles. The minimum Gasteiger partial charge on any atom is -0.462 e. The molecule has 1 aromatic rings. The molecule has 1 rings (SSSR count). The molecule has 0 aromatic carbocycles. The average Bonchev–Trinajstić information content (AvgIpc) is 2.50. The van der Waals surface area contributed by atoms with Gasteiger partial charge in [-0.2, -0.15) is 0 Å². The first kappa shape index (κ1) is 14.6. The van der Waals surface area contributed by atoms with Crippen LogP contribution in [-0.2, 0) is 16.1 Å². The van der Waals surface area contributed by atoms with Crippen LogP contribution in [-0.4, -0.2) is 27.1 Å². The Balaban J connectivity index is 0.00000225. The summed E-state index contributed by atoms with van der Waals surface area (Å²) in [5.74, 6) is 0.0325. The molecular formula is C11H21N3O2. The predicted octanol–water partition coefficient (Wildman–Crippen LogP) is 1.99. The van der Waals surface area contributed by atoms with Crippen molar-refractivity contribution >= 4 is 5.97 Å². The van der Waals surface area contributed by atoms with Gasteiger partial charge >= 0.3 is 5.97 Å². The van der Waals surface area contributed by atoms with E-state index in [2.05, 4.69) is 10.3 Å². The van der Waals surface area contributed by atoms with E-state index in [4.69, 9.17) is 4.74 Å².